The number of hydrogen-bond acceptors (Lipinski definition) is 5. The molecule has 94 valence electrons. The predicted molar refractivity (Wildman–Crippen MR) is 44.3 cm³/mol. The van der Waals surface area contributed by atoms with Gasteiger partial charge in [-0.3, -0.25) is 14.1 Å². The van der Waals surface area contributed by atoms with Crippen molar-refractivity contribution in [1.82, 2.24) is 0 Å². The molecule has 0 bridgehead atoms. The molecular formula is C6H8F2O7S. The molecule has 7 nitrogen and oxygen atoms in total. The van der Waals surface area contributed by atoms with Crippen LogP contribution < -0.4 is 0 Å². The fourth-order valence-corrected chi connectivity index (χ4v) is 0.728. The van der Waals surface area contributed by atoms with E-state index in [1.807, 2.05) is 0 Å². The Morgan fingerprint density at radius 1 is 1.25 bits per heavy atom. The SMILES string of the molecule is O=C(O)CCC(=O)OCC(F)(F)S(=O)(=O)O. The van der Waals surface area contributed by atoms with Gasteiger partial charge in [-0.25, -0.2) is 0 Å². The van der Waals surface area contributed by atoms with Crippen molar-refractivity contribution in [2.24, 2.45) is 0 Å². The zero-order valence-corrected chi connectivity index (χ0v) is 8.54. The lowest BCUT2D eigenvalue weighted by molar-refractivity contribution is -0.152. The van der Waals surface area contributed by atoms with Crippen LogP contribution in [0, 0.1) is 0 Å². The number of carboxylic acid groups (broad SMARTS) is 1. The molecule has 0 fully saturated rings. The van der Waals surface area contributed by atoms with Crippen molar-refractivity contribution < 1.29 is 41.2 Å². The lowest BCUT2D eigenvalue weighted by Crippen LogP contribution is -2.34. The molecule has 0 radical (unpaired) electrons. The first-order valence-corrected chi connectivity index (χ1v) is 5.22. The second-order valence-electron chi connectivity index (χ2n) is 2.67. The Kier molecular flexibility index (Phi) is 4.75. The summed E-state index contributed by atoms with van der Waals surface area (Å²) in [7, 11) is -5.66. The third-order valence-electron chi connectivity index (χ3n) is 1.32. The summed E-state index contributed by atoms with van der Waals surface area (Å²) in [5.74, 6) is -2.63. The fraction of sp³-hybridized carbons (Fsp3) is 0.667. The van der Waals surface area contributed by atoms with Gasteiger partial charge in [0, 0.05) is 0 Å². The molecule has 0 aromatic carbocycles. The molecule has 0 aliphatic carbocycles. The van der Waals surface area contributed by atoms with E-state index >= 15 is 0 Å². The monoisotopic (exact) mass is 262 g/mol. The fourth-order valence-electron chi connectivity index (χ4n) is 0.520. The van der Waals surface area contributed by atoms with Crippen LogP contribution in [0.1, 0.15) is 12.8 Å². The Morgan fingerprint density at radius 3 is 2.12 bits per heavy atom. The minimum absolute atomic E-state index is 0.629. The van der Waals surface area contributed by atoms with E-state index in [9.17, 15) is 26.8 Å². The summed E-state index contributed by atoms with van der Waals surface area (Å²) in [5, 5.41) is 3.52. The van der Waals surface area contributed by atoms with Gasteiger partial charge in [0.2, 0.25) is 0 Å². The average Bonchev–Trinajstić information content (AvgIpc) is 2.09. The molecule has 0 amide bonds. The van der Waals surface area contributed by atoms with Crippen LogP contribution >= 0.6 is 0 Å². The first kappa shape index (κ1) is 14.7. The first-order valence-electron chi connectivity index (χ1n) is 3.78. The van der Waals surface area contributed by atoms with E-state index in [1.54, 1.807) is 0 Å². The maximum atomic E-state index is 12.5. The highest BCUT2D eigenvalue weighted by Crippen LogP contribution is 2.20. The van der Waals surface area contributed by atoms with Gasteiger partial charge in [0.15, 0.2) is 6.61 Å². The van der Waals surface area contributed by atoms with Crippen molar-refractivity contribution in [2.75, 3.05) is 6.61 Å². The number of halogens is 2. The number of aliphatic carboxylic acids is 1. The Bertz CT molecular complexity index is 374. The van der Waals surface area contributed by atoms with Crippen LogP contribution in [0.2, 0.25) is 0 Å². The predicted octanol–water partition coefficient (Wildman–Crippen LogP) is -0.125. The second kappa shape index (κ2) is 5.16. The van der Waals surface area contributed by atoms with Gasteiger partial charge in [-0.1, -0.05) is 0 Å². The van der Waals surface area contributed by atoms with Gasteiger partial charge < -0.3 is 9.84 Å². The van der Waals surface area contributed by atoms with Crippen molar-refractivity contribution in [1.29, 1.82) is 0 Å². The van der Waals surface area contributed by atoms with Crippen molar-refractivity contribution in [3.8, 4) is 0 Å². The largest absolute Gasteiger partial charge is 0.481 e. The Hall–Kier alpha value is -1.29. The Labute approximate surface area is 88.8 Å². The third-order valence-corrected chi connectivity index (χ3v) is 2.19. The topological polar surface area (TPSA) is 118 Å². The summed E-state index contributed by atoms with van der Waals surface area (Å²) >= 11 is 0. The molecule has 0 saturated carbocycles. The summed E-state index contributed by atoms with van der Waals surface area (Å²) in [6.45, 7) is -1.86. The zero-order chi connectivity index (χ0) is 13.0. The molecule has 16 heavy (non-hydrogen) atoms. The number of esters is 1. The highest BCUT2D eigenvalue weighted by molar-refractivity contribution is 7.86. The van der Waals surface area contributed by atoms with Crippen LogP contribution in [0.4, 0.5) is 8.78 Å². The summed E-state index contributed by atoms with van der Waals surface area (Å²) in [6.07, 6.45) is -1.30. The number of alkyl halides is 2. The Morgan fingerprint density at radius 2 is 1.75 bits per heavy atom. The maximum Gasteiger partial charge on any atom is 0.402 e. The summed E-state index contributed by atoms with van der Waals surface area (Å²) in [5.41, 5.74) is 0. The van der Waals surface area contributed by atoms with E-state index in [0.29, 0.717) is 0 Å². The lowest BCUT2D eigenvalue weighted by atomic mass is 10.3. The molecule has 0 aromatic rings. The summed E-state index contributed by atoms with van der Waals surface area (Å²) < 4.78 is 56.8. The molecule has 0 aliphatic rings. The normalized spacial score (nSPS) is 12.2. The van der Waals surface area contributed by atoms with Crippen LogP contribution in [-0.4, -0.2) is 41.9 Å². The van der Waals surface area contributed by atoms with Gasteiger partial charge >= 0.3 is 27.3 Å². The lowest BCUT2D eigenvalue weighted by Gasteiger charge is -2.12. The molecule has 0 rings (SSSR count). The van der Waals surface area contributed by atoms with Crippen LogP contribution in [0.3, 0.4) is 0 Å². The summed E-state index contributed by atoms with van der Waals surface area (Å²) in [6, 6.07) is 0. The number of ether oxygens (including phenoxy) is 1. The number of rotatable bonds is 6. The van der Waals surface area contributed by atoms with Crippen molar-refractivity contribution >= 4 is 22.1 Å². The first-order chi connectivity index (χ1) is 7.06. The molecule has 0 saturated heterocycles. The van der Waals surface area contributed by atoms with E-state index in [1.165, 1.54) is 0 Å². The average molecular weight is 262 g/mol. The molecule has 2 N–H and O–H groups in total. The molecule has 0 heterocycles. The smallest absolute Gasteiger partial charge is 0.402 e. The van der Waals surface area contributed by atoms with Gasteiger partial charge in [-0.05, 0) is 0 Å². The van der Waals surface area contributed by atoms with Gasteiger partial charge in [0.25, 0.3) is 0 Å². The zero-order valence-electron chi connectivity index (χ0n) is 7.72. The highest BCUT2D eigenvalue weighted by Gasteiger charge is 2.45. The van der Waals surface area contributed by atoms with Crippen LogP contribution in [0.5, 0.6) is 0 Å². The molecule has 0 unspecified atom stereocenters. The minimum atomic E-state index is -5.66. The van der Waals surface area contributed by atoms with Crippen molar-refractivity contribution in [3.63, 3.8) is 0 Å². The van der Waals surface area contributed by atoms with E-state index in [0.717, 1.165) is 0 Å². The standard InChI is InChI=1S/C6H8F2O7S/c7-6(8,16(12,13)14)3-15-5(11)2-1-4(9)10/h1-3H2,(H,9,10)(H,12,13,14). The second-order valence-corrected chi connectivity index (χ2v) is 4.21. The number of carboxylic acids is 1. The molecule has 0 spiro atoms. The van der Waals surface area contributed by atoms with Crippen LogP contribution in [0.15, 0.2) is 0 Å². The number of hydrogen-bond donors (Lipinski definition) is 2. The van der Waals surface area contributed by atoms with Crippen LogP contribution in [0.25, 0.3) is 0 Å². The molecule has 10 heteroatoms. The van der Waals surface area contributed by atoms with Gasteiger partial charge in [-0.15, -0.1) is 0 Å². The molecule has 0 atom stereocenters. The van der Waals surface area contributed by atoms with E-state index in [2.05, 4.69) is 4.74 Å². The molecule has 0 aromatic heterocycles. The quantitative estimate of drug-likeness (QED) is 0.505. The van der Waals surface area contributed by atoms with Crippen LogP contribution in [-0.2, 0) is 24.4 Å². The number of carbonyl (C=O) groups is 2. The Balaban J connectivity index is 4.16. The van der Waals surface area contributed by atoms with Gasteiger partial charge in [0.1, 0.15) is 0 Å². The maximum absolute atomic E-state index is 12.5. The van der Waals surface area contributed by atoms with E-state index in [4.69, 9.17) is 9.66 Å². The van der Waals surface area contributed by atoms with Crippen molar-refractivity contribution in [2.45, 2.75) is 18.1 Å². The highest BCUT2D eigenvalue weighted by atomic mass is 32.2. The van der Waals surface area contributed by atoms with Crippen molar-refractivity contribution in [3.05, 3.63) is 0 Å². The molecule has 0 aliphatic heterocycles. The van der Waals surface area contributed by atoms with E-state index < -0.39 is 46.8 Å². The van der Waals surface area contributed by atoms with Gasteiger partial charge in [0.05, 0.1) is 12.8 Å². The minimum Gasteiger partial charge on any atom is -0.481 e. The molecular weight excluding hydrogens is 254 g/mol. The third kappa shape index (κ3) is 4.98. The van der Waals surface area contributed by atoms with Gasteiger partial charge in [-0.2, -0.15) is 17.2 Å². The summed E-state index contributed by atoms with van der Waals surface area (Å²) in [4.78, 5) is 20.6. The number of carbonyl (C=O) groups excluding carboxylic acids is 1. The van der Waals surface area contributed by atoms with E-state index in [-0.39, 0.29) is 0 Å².